The molecule has 1 aromatic carbocycles. The molecule has 0 radical (unpaired) electrons. The predicted octanol–water partition coefficient (Wildman–Crippen LogP) is 3.13. The Morgan fingerprint density at radius 1 is 1.29 bits per heavy atom. The zero-order valence-corrected chi connectivity index (χ0v) is 11.5. The van der Waals surface area contributed by atoms with Crippen molar-refractivity contribution in [2.75, 3.05) is 25.5 Å². The summed E-state index contributed by atoms with van der Waals surface area (Å²) in [5.74, 6) is 0. The fourth-order valence-corrected chi connectivity index (χ4v) is 2.70. The lowest BCUT2D eigenvalue weighted by molar-refractivity contribution is 0.221. The van der Waals surface area contributed by atoms with E-state index in [2.05, 4.69) is 56.2 Å². The first kappa shape index (κ1) is 12.4. The highest BCUT2D eigenvalue weighted by Crippen LogP contribution is 2.27. The Hall–Kier alpha value is -1.02. The Balaban J connectivity index is 2.07. The van der Waals surface area contributed by atoms with Crippen molar-refractivity contribution in [1.82, 2.24) is 4.90 Å². The summed E-state index contributed by atoms with van der Waals surface area (Å²) in [6, 6.07) is 6.67. The fraction of sp³-hybridized carbons (Fsp3) is 0.600. The summed E-state index contributed by atoms with van der Waals surface area (Å²) >= 11 is 0. The molecule has 2 rings (SSSR count). The third kappa shape index (κ3) is 3.22. The highest BCUT2D eigenvalue weighted by Gasteiger charge is 2.17. The first-order chi connectivity index (χ1) is 7.96. The van der Waals surface area contributed by atoms with Crippen molar-refractivity contribution in [3.8, 4) is 0 Å². The number of hydrogen-bond acceptors (Lipinski definition) is 2. The van der Waals surface area contributed by atoms with Crippen molar-refractivity contribution in [3.05, 3.63) is 29.3 Å². The molecule has 17 heavy (non-hydrogen) atoms. The van der Waals surface area contributed by atoms with Gasteiger partial charge in [0.15, 0.2) is 0 Å². The average molecular weight is 232 g/mol. The molecule has 1 aliphatic heterocycles. The van der Waals surface area contributed by atoms with Gasteiger partial charge in [0.2, 0.25) is 0 Å². The van der Waals surface area contributed by atoms with Crippen LogP contribution in [0, 0.1) is 5.41 Å². The van der Waals surface area contributed by atoms with E-state index in [1.54, 1.807) is 0 Å². The van der Waals surface area contributed by atoms with Gasteiger partial charge in [0.25, 0.3) is 0 Å². The minimum atomic E-state index is 0.361. The highest BCUT2D eigenvalue weighted by atomic mass is 15.1. The van der Waals surface area contributed by atoms with Gasteiger partial charge < -0.3 is 10.2 Å². The van der Waals surface area contributed by atoms with E-state index in [4.69, 9.17) is 0 Å². The molecule has 1 aliphatic rings. The standard InChI is InChI=1S/C15H24N2/c1-15(2,3)11-17(4)10-13-7-5-6-12-8-9-16-14(12)13/h5-7,16H,8-11H2,1-4H3. The molecule has 0 amide bonds. The van der Waals surface area contributed by atoms with Crippen molar-refractivity contribution in [3.63, 3.8) is 0 Å². The summed E-state index contributed by atoms with van der Waals surface area (Å²) in [5.41, 5.74) is 4.66. The molecule has 1 heterocycles. The molecule has 94 valence electrons. The number of hydrogen-bond donors (Lipinski definition) is 1. The largest absolute Gasteiger partial charge is 0.384 e. The van der Waals surface area contributed by atoms with Gasteiger partial charge in [0.1, 0.15) is 0 Å². The van der Waals surface area contributed by atoms with Crippen molar-refractivity contribution < 1.29 is 0 Å². The van der Waals surface area contributed by atoms with Gasteiger partial charge in [-0.2, -0.15) is 0 Å². The smallest absolute Gasteiger partial charge is 0.0419 e. The van der Waals surface area contributed by atoms with Gasteiger partial charge in [-0.3, -0.25) is 0 Å². The quantitative estimate of drug-likeness (QED) is 0.861. The lowest BCUT2D eigenvalue weighted by Crippen LogP contribution is -2.29. The number of benzene rings is 1. The molecule has 0 saturated carbocycles. The van der Waals surface area contributed by atoms with Gasteiger partial charge in [-0.15, -0.1) is 0 Å². The number of nitrogens with zero attached hydrogens (tertiary/aromatic N) is 1. The number of rotatable bonds is 3. The molecule has 0 aliphatic carbocycles. The van der Waals surface area contributed by atoms with Crippen molar-refractivity contribution >= 4 is 5.69 Å². The molecule has 0 fully saturated rings. The number of nitrogens with one attached hydrogen (secondary N) is 1. The van der Waals surface area contributed by atoms with Crippen LogP contribution in [0.5, 0.6) is 0 Å². The Kier molecular flexibility index (Phi) is 3.43. The van der Waals surface area contributed by atoms with Gasteiger partial charge in [-0.25, -0.2) is 0 Å². The minimum absolute atomic E-state index is 0.361. The van der Waals surface area contributed by atoms with Crippen molar-refractivity contribution in [2.45, 2.75) is 33.7 Å². The van der Waals surface area contributed by atoms with Crippen LogP contribution in [-0.4, -0.2) is 25.0 Å². The van der Waals surface area contributed by atoms with E-state index in [9.17, 15) is 0 Å². The van der Waals surface area contributed by atoms with Crippen molar-refractivity contribution in [2.24, 2.45) is 5.41 Å². The molecule has 0 bridgehead atoms. The summed E-state index contributed by atoms with van der Waals surface area (Å²) in [4.78, 5) is 2.41. The molecule has 2 heteroatoms. The van der Waals surface area contributed by atoms with Gasteiger partial charge in [0, 0.05) is 25.3 Å². The maximum atomic E-state index is 3.51. The zero-order chi connectivity index (χ0) is 12.5. The third-order valence-corrected chi connectivity index (χ3v) is 3.12. The summed E-state index contributed by atoms with van der Waals surface area (Å²) in [6.07, 6.45) is 1.17. The van der Waals surface area contributed by atoms with Gasteiger partial charge >= 0.3 is 0 Å². The van der Waals surface area contributed by atoms with Crippen LogP contribution in [0.15, 0.2) is 18.2 Å². The molecule has 1 N–H and O–H groups in total. The summed E-state index contributed by atoms with van der Waals surface area (Å²) in [6.45, 7) is 10.1. The van der Waals surface area contributed by atoms with Crippen molar-refractivity contribution in [1.29, 1.82) is 0 Å². The predicted molar refractivity (Wildman–Crippen MR) is 74.4 cm³/mol. The van der Waals surface area contributed by atoms with Crippen LogP contribution in [0.4, 0.5) is 5.69 Å². The first-order valence-corrected chi connectivity index (χ1v) is 6.49. The molecule has 0 aromatic heterocycles. The van der Waals surface area contributed by atoms with E-state index in [0.29, 0.717) is 5.41 Å². The highest BCUT2D eigenvalue weighted by molar-refractivity contribution is 5.61. The molecule has 0 unspecified atom stereocenters. The number of para-hydroxylation sites is 1. The maximum Gasteiger partial charge on any atom is 0.0419 e. The Labute approximate surface area is 105 Å². The van der Waals surface area contributed by atoms with E-state index >= 15 is 0 Å². The molecule has 0 saturated heterocycles. The SMILES string of the molecule is CN(Cc1cccc2c1NCC2)CC(C)(C)C. The fourth-order valence-electron chi connectivity index (χ4n) is 2.70. The van der Waals surface area contributed by atoms with E-state index in [1.807, 2.05) is 0 Å². The molecular formula is C15H24N2. The Morgan fingerprint density at radius 2 is 2.06 bits per heavy atom. The summed E-state index contributed by atoms with van der Waals surface area (Å²) < 4.78 is 0. The van der Waals surface area contributed by atoms with E-state index < -0.39 is 0 Å². The van der Waals surface area contributed by atoms with Crippen LogP contribution < -0.4 is 5.32 Å². The van der Waals surface area contributed by atoms with Gasteiger partial charge in [0.05, 0.1) is 0 Å². The van der Waals surface area contributed by atoms with E-state index in [1.165, 1.54) is 23.2 Å². The monoisotopic (exact) mass is 232 g/mol. The molecule has 0 spiro atoms. The number of anilines is 1. The van der Waals surface area contributed by atoms with Crippen LogP contribution in [0.25, 0.3) is 0 Å². The third-order valence-electron chi connectivity index (χ3n) is 3.12. The normalized spacial score (nSPS) is 14.9. The molecule has 1 aromatic rings. The van der Waals surface area contributed by atoms with E-state index in [0.717, 1.165) is 19.6 Å². The number of fused-ring (bicyclic) bond motifs is 1. The van der Waals surface area contributed by atoms with Crippen LogP contribution >= 0.6 is 0 Å². The molecular weight excluding hydrogens is 208 g/mol. The Bertz CT molecular complexity index is 390. The van der Waals surface area contributed by atoms with Crippen LogP contribution in [0.3, 0.4) is 0 Å². The lowest BCUT2D eigenvalue weighted by Gasteiger charge is -2.27. The Morgan fingerprint density at radius 3 is 2.76 bits per heavy atom. The second-order valence-electron chi connectivity index (χ2n) is 6.36. The average Bonchev–Trinajstić information content (AvgIpc) is 2.63. The van der Waals surface area contributed by atoms with Crippen LogP contribution in [0.2, 0.25) is 0 Å². The van der Waals surface area contributed by atoms with Crippen LogP contribution in [-0.2, 0) is 13.0 Å². The van der Waals surface area contributed by atoms with E-state index in [-0.39, 0.29) is 0 Å². The first-order valence-electron chi connectivity index (χ1n) is 6.49. The second kappa shape index (κ2) is 4.69. The lowest BCUT2D eigenvalue weighted by atomic mass is 9.96. The topological polar surface area (TPSA) is 15.3 Å². The second-order valence-corrected chi connectivity index (χ2v) is 6.36. The minimum Gasteiger partial charge on any atom is -0.384 e. The maximum absolute atomic E-state index is 3.51. The summed E-state index contributed by atoms with van der Waals surface area (Å²) in [7, 11) is 2.21. The van der Waals surface area contributed by atoms with Crippen LogP contribution in [0.1, 0.15) is 31.9 Å². The van der Waals surface area contributed by atoms with Gasteiger partial charge in [-0.1, -0.05) is 39.0 Å². The summed E-state index contributed by atoms with van der Waals surface area (Å²) in [5, 5.41) is 3.51. The zero-order valence-electron chi connectivity index (χ0n) is 11.5. The molecule has 2 nitrogen and oxygen atoms in total. The van der Waals surface area contributed by atoms with Gasteiger partial charge in [-0.05, 0) is 30.0 Å². The molecule has 0 atom stereocenters.